The van der Waals surface area contributed by atoms with E-state index in [9.17, 15) is 9.59 Å². The molecule has 1 fully saturated rings. The van der Waals surface area contributed by atoms with Gasteiger partial charge >= 0.3 is 5.97 Å². The van der Waals surface area contributed by atoms with Crippen LogP contribution in [-0.4, -0.2) is 18.4 Å². The molecule has 0 aromatic carbocycles. The van der Waals surface area contributed by atoms with Gasteiger partial charge in [-0.2, -0.15) is 0 Å². The Morgan fingerprint density at radius 3 is 2.82 bits per heavy atom. The van der Waals surface area contributed by atoms with Gasteiger partial charge in [-0.15, -0.1) is 13.2 Å². The lowest BCUT2D eigenvalue weighted by molar-refractivity contribution is -0.144. The van der Waals surface area contributed by atoms with Crippen LogP contribution in [0.25, 0.3) is 0 Å². The number of ether oxygens (including phenoxy) is 1. The molecule has 0 radical (unpaired) electrons. The number of allylic oxidation sites excluding steroid dienone is 1. The first-order valence-corrected chi connectivity index (χ1v) is 6.09. The number of carbonyl (C=O) groups is 2. The Hall–Kier alpha value is -1.38. The minimum absolute atomic E-state index is 0.0283. The fourth-order valence-electron chi connectivity index (χ4n) is 2.25. The molecule has 17 heavy (non-hydrogen) atoms. The normalized spacial score (nSPS) is 23.4. The van der Waals surface area contributed by atoms with Crippen LogP contribution in [0.4, 0.5) is 0 Å². The smallest absolute Gasteiger partial charge is 0.306 e. The van der Waals surface area contributed by atoms with E-state index in [-0.39, 0.29) is 23.6 Å². The van der Waals surface area contributed by atoms with E-state index in [0.29, 0.717) is 32.3 Å². The molecule has 0 heterocycles. The Labute approximate surface area is 103 Å². The van der Waals surface area contributed by atoms with E-state index in [1.807, 2.05) is 0 Å². The molecule has 0 N–H and O–H groups in total. The zero-order valence-corrected chi connectivity index (χ0v) is 10.2. The standard InChI is InChI=1S/C14H20O3/c1-3-5-9-17-14(16)10-11-7-8-13(15)12(11)6-4-2/h3-4,11-12H,1-2,5-10H2/t11-,12-/m0/s1. The topological polar surface area (TPSA) is 43.4 Å². The minimum Gasteiger partial charge on any atom is -0.465 e. The van der Waals surface area contributed by atoms with Crippen LogP contribution in [0.1, 0.15) is 32.1 Å². The van der Waals surface area contributed by atoms with E-state index in [1.54, 1.807) is 12.2 Å². The van der Waals surface area contributed by atoms with Gasteiger partial charge in [-0.3, -0.25) is 9.59 Å². The summed E-state index contributed by atoms with van der Waals surface area (Å²) in [5.74, 6) is 0.158. The molecule has 0 bridgehead atoms. The van der Waals surface area contributed by atoms with E-state index in [1.165, 1.54) is 0 Å². The van der Waals surface area contributed by atoms with Crippen molar-refractivity contribution in [1.29, 1.82) is 0 Å². The zero-order valence-electron chi connectivity index (χ0n) is 10.2. The Morgan fingerprint density at radius 2 is 2.18 bits per heavy atom. The second-order valence-electron chi connectivity index (χ2n) is 4.40. The fourth-order valence-corrected chi connectivity index (χ4v) is 2.25. The molecule has 3 nitrogen and oxygen atoms in total. The van der Waals surface area contributed by atoms with Crippen molar-refractivity contribution in [1.82, 2.24) is 0 Å². The lowest BCUT2D eigenvalue weighted by Crippen LogP contribution is -2.18. The van der Waals surface area contributed by atoms with Crippen LogP contribution >= 0.6 is 0 Å². The van der Waals surface area contributed by atoms with Crippen molar-refractivity contribution < 1.29 is 14.3 Å². The summed E-state index contributed by atoms with van der Waals surface area (Å²) in [5, 5.41) is 0. The number of rotatable bonds is 7. The molecular formula is C14H20O3. The maximum Gasteiger partial charge on any atom is 0.306 e. The summed E-state index contributed by atoms with van der Waals surface area (Å²) in [4.78, 5) is 23.1. The number of hydrogen-bond acceptors (Lipinski definition) is 3. The second-order valence-corrected chi connectivity index (χ2v) is 4.40. The summed E-state index contributed by atoms with van der Waals surface area (Å²) in [6, 6.07) is 0. The van der Waals surface area contributed by atoms with Crippen molar-refractivity contribution in [3.8, 4) is 0 Å². The van der Waals surface area contributed by atoms with Crippen molar-refractivity contribution >= 4 is 11.8 Å². The highest BCUT2D eigenvalue weighted by Crippen LogP contribution is 2.34. The van der Waals surface area contributed by atoms with Crippen LogP contribution < -0.4 is 0 Å². The third-order valence-electron chi connectivity index (χ3n) is 3.18. The lowest BCUT2D eigenvalue weighted by Gasteiger charge is -2.15. The van der Waals surface area contributed by atoms with Gasteiger partial charge in [-0.05, 0) is 25.2 Å². The number of esters is 1. The first-order valence-electron chi connectivity index (χ1n) is 6.09. The Balaban J connectivity index is 2.38. The molecule has 0 aromatic heterocycles. The monoisotopic (exact) mass is 236 g/mol. The van der Waals surface area contributed by atoms with Crippen LogP contribution in [0, 0.1) is 11.8 Å². The molecule has 94 valence electrons. The molecule has 0 unspecified atom stereocenters. The van der Waals surface area contributed by atoms with Gasteiger partial charge in [0.15, 0.2) is 0 Å². The molecule has 0 aliphatic heterocycles. The molecule has 3 heteroatoms. The van der Waals surface area contributed by atoms with Gasteiger partial charge in [0.1, 0.15) is 5.78 Å². The van der Waals surface area contributed by atoms with E-state index in [0.717, 1.165) is 6.42 Å². The molecule has 1 aliphatic carbocycles. The highest BCUT2D eigenvalue weighted by Gasteiger charge is 2.34. The molecule has 0 saturated heterocycles. The van der Waals surface area contributed by atoms with Gasteiger partial charge < -0.3 is 4.74 Å². The number of Topliss-reactive ketones (excluding diaryl/α,β-unsaturated/α-hetero) is 1. The Bertz CT molecular complexity index is 307. The van der Waals surface area contributed by atoms with E-state index in [4.69, 9.17) is 4.74 Å². The largest absolute Gasteiger partial charge is 0.465 e. The van der Waals surface area contributed by atoms with Crippen molar-refractivity contribution in [3.63, 3.8) is 0 Å². The summed E-state index contributed by atoms with van der Waals surface area (Å²) in [7, 11) is 0. The second kappa shape index (κ2) is 7.05. The first-order chi connectivity index (χ1) is 8.19. The number of carbonyl (C=O) groups excluding carboxylic acids is 2. The average Bonchev–Trinajstić information content (AvgIpc) is 2.62. The van der Waals surface area contributed by atoms with Gasteiger partial charge in [-0.1, -0.05) is 12.2 Å². The Kier molecular flexibility index (Phi) is 5.67. The van der Waals surface area contributed by atoms with E-state index < -0.39 is 0 Å². The highest BCUT2D eigenvalue weighted by molar-refractivity contribution is 5.84. The molecular weight excluding hydrogens is 216 g/mol. The van der Waals surface area contributed by atoms with Crippen molar-refractivity contribution in [2.75, 3.05) is 6.61 Å². The van der Waals surface area contributed by atoms with E-state index in [2.05, 4.69) is 13.2 Å². The average molecular weight is 236 g/mol. The van der Waals surface area contributed by atoms with Gasteiger partial charge in [0.2, 0.25) is 0 Å². The molecule has 1 aliphatic rings. The van der Waals surface area contributed by atoms with Crippen molar-refractivity contribution in [2.45, 2.75) is 32.1 Å². The predicted octanol–water partition coefficient (Wildman–Crippen LogP) is 2.67. The van der Waals surface area contributed by atoms with E-state index >= 15 is 0 Å². The maximum absolute atomic E-state index is 11.6. The van der Waals surface area contributed by atoms with Crippen LogP contribution in [0.5, 0.6) is 0 Å². The third kappa shape index (κ3) is 4.17. The van der Waals surface area contributed by atoms with Crippen molar-refractivity contribution in [3.05, 3.63) is 25.3 Å². The number of hydrogen-bond donors (Lipinski definition) is 0. The summed E-state index contributed by atoms with van der Waals surface area (Å²) in [5.41, 5.74) is 0. The molecule has 0 spiro atoms. The van der Waals surface area contributed by atoms with Crippen LogP contribution in [0.15, 0.2) is 25.3 Å². The summed E-state index contributed by atoms with van der Waals surface area (Å²) in [6.07, 6.45) is 6.55. The fraction of sp³-hybridized carbons (Fsp3) is 0.571. The minimum atomic E-state index is -0.208. The van der Waals surface area contributed by atoms with Gasteiger partial charge in [0.25, 0.3) is 0 Å². The first kappa shape index (κ1) is 13.7. The van der Waals surface area contributed by atoms with Crippen molar-refractivity contribution in [2.24, 2.45) is 11.8 Å². The van der Waals surface area contributed by atoms with Gasteiger partial charge in [-0.25, -0.2) is 0 Å². The predicted molar refractivity (Wildman–Crippen MR) is 66.4 cm³/mol. The van der Waals surface area contributed by atoms with Crippen LogP contribution in [0.2, 0.25) is 0 Å². The highest BCUT2D eigenvalue weighted by atomic mass is 16.5. The SMILES string of the molecule is C=CCCOC(=O)C[C@@H]1CCC(=O)[C@H]1CC=C. The zero-order chi connectivity index (χ0) is 12.7. The molecule has 2 atom stereocenters. The Morgan fingerprint density at radius 1 is 1.41 bits per heavy atom. The van der Waals surface area contributed by atoms with Gasteiger partial charge in [0.05, 0.1) is 6.61 Å². The third-order valence-corrected chi connectivity index (χ3v) is 3.18. The quantitative estimate of drug-likeness (QED) is 0.388. The molecule has 0 aromatic rings. The van der Waals surface area contributed by atoms with Gasteiger partial charge in [0, 0.05) is 18.8 Å². The molecule has 1 saturated carbocycles. The van der Waals surface area contributed by atoms with Crippen LogP contribution in [0.3, 0.4) is 0 Å². The summed E-state index contributed by atoms with van der Waals surface area (Å²) >= 11 is 0. The lowest BCUT2D eigenvalue weighted by atomic mass is 9.90. The summed E-state index contributed by atoms with van der Waals surface area (Å²) < 4.78 is 5.06. The molecule has 0 amide bonds. The number of ketones is 1. The molecule has 1 rings (SSSR count). The van der Waals surface area contributed by atoms with Crippen LogP contribution in [-0.2, 0) is 14.3 Å². The summed E-state index contributed by atoms with van der Waals surface area (Å²) in [6.45, 7) is 7.60. The maximum atomic E-state index is 11.6.